The average molecular weight is 298 g/mol. The van der Waals surface area contributed by atoms with E-state index in [4.69, 9.17) is 0 Å². The molecule has 1 saturated heterocycles. The third-order valence-electron chi connectivity index (χ3n) is 4.85. The Labute approximate surface area is 130 Å². The molecule has 6 heteroatoms. The fourth-order valence-electron chi connectivity index (χ4n) is 3.83. The minimum atomic E-state index is 0.458. The molecule has 1 aliphatic carbocycles. The van der Waals surface area contributed by atoms with E-state index in [0.717, 1.165) is 37.6 Å². The van der Waals surface area contributed by atoms with E-state index in [2.05, 4.69) is 25.0 Å². The first kappa shape index (κ1) is 13.7. The number of aromatic nitrogens is 5. The zero-order valence-electron chi connectivity index (χ0n) is 13.3. The van der Waals surface area contributed by atoms with Gasteiger partial charge in [0.2, 0.25) is 0 Å². The number of aryl methyl sites for hydroxylation is 3. The average Bonchev–Trinajstić information content (AvgIpc) is 3.20. The third kappa shape index (κ3) is 2.26. The summed E-state index contributed by atoms with van der Waals surface area (Å²) in [4.78, 5) is 16.0. The second kappa shape index (κ2) is 5.34. The van der Waals surface area contributed by atoms with Crippen molar-refractivity contribution in [3.8, 4) is 0 Å². The first-order chi connectivity index (χ1) is 10.7. The van der Waals surface area contributed by atoms with E-state index >= 15 is 0 Å². The predicted molar refractivity (Wildman–Crippen MR) is 83.9 cm³/mol. The van der Waals surface area contributed by atoms with Crippen LogP contribution in [0.4, 0.5) is 5.82 Å². The Morgan fingerprint density at radius 1 is 1.18 bits per heavy atom. The van der Waals surface area contributed by atoms with Gasteiger partial charge >= 0.3 is 0 Å². The molecular formula is C16H22N6. The van der Waals surface area contributed by atoms with Crippen LogP contribution in [-0.2, 0) is 19.4 Å². The van der Waals surface area contributed by atoms with Gasteiger partial charge in [-0.25, -0.2) is 19.6 Å². The van der Waals surface area contributed by atoms with Crippen LogP contribution in [0.1, 0.15) is 42.2 Å². The van der Waals surface area contributed by atoms with Crippen LogP contribution in [0.15, 0.2) is 6.33 Å². The molecule has 4 rings (SSSR count). The van der Waals surface area contributed by atoms with Crippen LogP contribution in [-0.4, -0.2) is 37.3 Å². The van der Waals surface area contributed by atoms with Crippen molar-refractivity contribution in [2.75, 3.05) is 11.4 Å². The lowest BCUT2D eigenvalue weighted by atomic mass is 10.2. The van der Waals surface area contributed by atoms with Crippen LogP contribution >= 0.6 is 0 Å². The number of rotatable bonds is 3. The highest BCUT2D eigenvalue weighted by Gasteiger charge is 2.30. The molecule has 2 aromatic rings. The molecule has 0 radical (unpaired) electrons. The van der Waals surface area contributed by atoms with Crippen molar-refractivity contribution in [2.24, 2.45) is 0 Å². The Morgan fingerprint density at radius 3 is 2.91 bits per heavy atom. The molecule has 0 N–H and O–H groups in total. The van der Waals surface area contributed by atoms with Crippen molar-refractivity contribution in [1.82, 2.24) is 24.7 Å². The minimum absolute atomic E-state index is 0.458. The highest BCUT2D eigenvalue weighted by atomic mass is 15.4. The normalized spacial score (nSPS) is 20.6. The maximum Gasteiger partial charge on any atom is 0.147 e. The van der Waals surface area contributed by atoms with E-state index in [0.29, 0.717) is 6.04 Å². The number of anilines is 1. The van der Waals surface area contributed by atoms with E-state index in [9.17, 15) is 0 Å². The summed E-state index contributed by atoms with van der Waals surface area (Å²) in [5, 5.41) is 4.52. The van der Waals surface area contributed by atoms with Crippen LogP contribution in [0.3, 0.4) is 0 Å². The molecule has 1 aliphatic heterocycles. The number of hydrogen-bond donors (Lipinski definition) is 0. The Hall–Kier alpha value is -1.98. The van der Waals surface area contributed by atoms with Crippen molar-refractivity contribution in [2.45, 2.75) is 58.5 Å². The predicted octanol–water partition coefficient (Wildman–Crippen LogP) is 1.84. The summed E-state index contributed by atoms with van der Waals surface area (Å²) in [5.74, 6) is 3.02. The number of hydrogen-bond acceptors (Lipinski definition) is 5. The highest BCUT2D eigenvalue weighted by molar-refractivity contribution is 5.52. The lowest BCUT2D eigenvalue weighted by Gasteiger charge is -2.27. The van der Waals surface area contributed by atoms with Crippen molar-refractivity contribution in [3.63, 3.8) is 0 Å². The largest absolute Gasteiger partial charge is 0.351 e. The van der Waals surface area contributed by atoms with Gasteiger partial charge in [-0.3, -0.25) is 0 Å². The third-order valence-corrected chi connectivity index (χ3v) is 4.85. The van der Waals surface area contributed by atoms with Gasteiger partial charge in [0.05, 0.1) is 12.6 Å². The van der Waals surface area contributed by atoms with Crippen LogP contribution in [0.2, 0.25) is 0 Å². The van der Waals surface area contributed by atoms with Gasteiger partial charge < -0.3 is 4.90 Å². The quantitative estimate of drug-likeness (QED) is 0.865. The molecule has 116 valence electrons. The van der Waals surface area contributed by atoms with E-state index in [1.807, 2.05) is 18.5 Å². The molecule has 2 aliphatic rings. The SMILES string of the molecule is Cc1nc(C)n(C[C@H]2CCCN2c2ncnc3c2CCC3)n1. The molecule has 1 atom stereocenters. The summed E-state index contributed by atoms with van der Waals surface area (Å²) in [6.07, 6.45) is 7.58. The molecule has 0 saturated carbocycles. The molecule has 0 amide bonds. The van der Waals surface area contributed by atoms with Crippen molar-refractivity contribution in [3.05, 3.63) is 29.2 Å². The van der Waals surface area contributed by atoms with Gasteiger partial charge in [-0.05, 0) is 46.0 Å². The molecule has 3 heterocycles. The Kier molecular flexibility index (Phi) is 3.32. The van der Waals surface area contributed by atoms with Gasteiger partial charge in [-0.1, -0.05) is 0 Å². The maximum atomic E-state index is 4.62. The first-order valence-electron chi connectivity index (χ1n) is 8.20. The van der Waals surface area contributed by atoms with E-state index in [1.165, 1.54) is 36.3 Å². The standard InChI is InChI=1S/C16H22N6/c1-11-19-12(2)22(20-11)9-13-5-4-8-21(13)16-14-6-3-7-15(14)17-10-18-16/h10,13H,3-9H2,1-2H3/t13-/m1/s1. The van der Waals surface area contributed by atoms with Gasteiger partial charge in [-0.15, -0.1) is 0 Å². The van der Waals surface area contributed by atoms with Crippen molar-refractivity contribution < 1.29 is 0 Å². The topological polar surface area (TPSA) is 59.7 Å². The Morgan fingerprint density at radius 2 is 2.09 bits per heavy atom. The summed E-state index contributed by atoms with van der Waals surface area (Å²) >= 11 is 0. The molecule has 22 heavy (non-hydrogen) atoms. The second-order valence-electron chi connectivity index (χ2n) is 6.35. The molecule has 0 bridgehead atoms. The molecule has 0 spiro atoms. The number of fused-ring (bicyclic) bond motifs is 1. The lowest BCUT2D eigenvalue weighted by Crippen LogP contribution is -2.35. The zero-order chi connectivity index (χ0) is 15.1. The Bertz CT molecular complexity index is 692. The Balaban J connectivity index is 1.62. The highest BCUT2D eigenvalue weighted by Crippen LogP contribution is 2.32. The fraction of sp³-hybridized carbons (Fsp3) is 0.625. The molecule has 1 fully saturated rings. The van der Waals surface area contributed by atoms with Crippen LogP contribution < -0.4 is 4.90 Å². The summed E-state index contributed by atoms with van der Waals surface area (Å²) in [6, 6.07) is 0.458. The van der Waals surface area contributed by atoms with Gasteiger partial charge in [0.25, 0.3) is 0 Å². The summed E-state index contributed by atoms with van der Waals surface area (Å²) in [7, 11) is 0. The van der Waals surface area contributed by atoms with E-state index in [1.54, 1.807) is 6.33 Å². The fourth-order valence-corrected chi connectivity index (χ4v) is 3.83. The molecule has 2 aromatic heterocycles. The van der Waals surface area contributed by atoms with Gasteiger partial charge in [-0.2, -0.15) is 5.10 Å². The van der Waals surface area contributed by atoms with Crippen LogP contribution in [0.25, 0.3) is 0 Å². The zero-order valence-corrected chi connectivity index (χ0v) is 13.3. The molecule has 0 unspecified atom stereocenters. The smallest absolute Gasteiger partial charge is 0.147 e. The first-order valence-corrected chi connectivity index (χ1v) is 8.20. The maximum absolute atomic E-state index is 4.62. The molecular weight excluding hydrogens is 276 g/mol. The van der Waals surface area contributed by atoms with Crippen molar-refractivity contribution >= 4 is 5.82 Å². The van der Waals surface area contributed by atoms with E-state index < -0.39 is 0 Å². The lowest BCUT2D eigenvalue weighted by molar-refractivity contribution is 0.494. The van der Waals surface area contributed by atoms with Crippen LogP contribution in [0, 0.1) is 13.8 Å². The van der Waals surface area contributed by atoms with Gasteiger partial charge in [0.1, 0.15) is 23.8 Å². The summed E-state index contributed by atoms with van der Waals surface area (Å²) in [6.45, 7) is 5.96. The van der Waals surface area contributed by atoms with Gasteiger partial charge in [0.15, 0.2) is 0 Å². The summed E-state index contributed by atoms with van der Waals surface area (Å²) in [5.41, 5.74) is 2.63. The monoisotopic (exact) mass is 298 g/mol. The van der Waals surface area contributed by atoms with E-state index in [-0.39, 0.29) is 0 Å². The summed E-state index contributed by atoms with van der Waals surface area (Å²) < 4.78 is 2.04. The van der Waals surface area contributed by atoms with Crippen LogP contribution in [0.5, 0.6) is 0 Å². The number of nitrogens with zero attached hydrogens (tertiary/aromatic N) is 6. The second-order valence-corrected chi connectivity index (χ2v) is 6.35. The molecule has 0 aromatic carbocycles. The van der Waals surface area contributed by atoms with Crippen molar-refractivity contribution in [1.29, 1.82) is 0 Å². The van der Waals surface area contributed by atoms with Gasteiger partial charge in [0, 0.05) is 17.8 Å². The molecule has 6 nitrogen and oxygen atoms in total. The minimum Gasteiger partial charge on any atom is -0.351 e.